The van der Waals surface area contributed by atoms with E-state index in [4.69, 9.17) is 9.47 Å². The minimum atomic E-state index is -1.68. The molecule has 1 unspecified atom stereocenters. The van der Waals surface area contributed by atoms with E-state index >= 15 is 0 Å². The number of aryl methyl sites for hydroxylation is 1. The van der Waals surface area contributed by atoms with Crippen LogP contribution in [0.5, 0.6) is 17.2 Å². The van der Waals surface area contributed by atoms with Gasteiger partial charge in [-0.1, -0.05) is 12.1 Å². The topological polar surface area (TPSA) is 257 Å². The van der Waals surface area contributed by atoms with Gasteiger partial charge in [0.15, 0.2) is 11.5 Å². The van der Waals surface area contributed by atoms with E-state index in [1.54, 1.807) is 6.92 Å². The fourth-order valence-electron chi connectivity index (χ4n) is 5.45. The monoisotopic (exact) mass is 754 g/mol. The molecule has 17 nitrogen and oxygen atoms in total. The first kappa shape index (κ1) is 42.4. The Bertz CT molecular complexity index is 2040. The van der Waals surface area contributed by atoms with Gasteiger partial charge in [0, 0.05) is 37.1 Å². The number of carbonyl (C=O) groups is 6. The molecule has 2 aromatic carbocycles. The van der Waals surface area contributed by atoms with Crippen molar-refractivity contribution in [2.45, 2.75) is 37.8 Å². The number of ether oxygens (including phenoxy) is 2. The Balaban J connectivity index is 0.00000364. The van der Waals surface area contributed by atoms with E-state index in [1.807, 2.05) is 0 Å². The van der Waals surface area contributed by atoms with Gasteiger partial charge in [0.05, 0.1) is 28.5 Å². The van der Waals surface area contributed by atoms with Crippen molar-refractivity contribution in [1.82, 2.24) is 20.1 Å². The number of aromatic hydroxyl groups is 2. The van der Waals surface area contributed by atoms with Crippen LogP contribution in [0.4, 0.5) is 0 Å². The van der Waals surface area contributed by atoms with Crippen LogP contribution < -0.4 is 90.1 Å². The van der Waals surface area contributed by atoms with E-state index < -0.39 is 87.9 Å². The molecular formula is C32H28N4Na2O13S. The molecule has 1 fully saturated rings. The van der Waals surface area contributed by atoms with Gasteiger partial charge in [-0.05, 0) is 30.7 Å². The number of hydrogen-bond acceptors (Lipinski definition) is 14. The minimum Gasteiger partial charge on any atom is -0.546 e. The smallest absolute Gasteiger partial charge is 0.546 e. The summed E-state index contributed by atoms with van der Waals surface area (Å²) in [5.74, 6) is -7.54. The number of benzene rings is 2. The van der Waals surface area contributed by atoms with Crippen LogP contribution in [-0.4, -0.2) is 85.7 Å². The average Bonchev–Trinajstić information content (AvgIpc) is 3.08. The summed E-state index contributed by atoms with van der Waals surface area (Å²) in [5, 5.41) is 46.8. The molecule has 3 amide bonds. The number of nitrogens with one attached hydrogen (secondary N) is 2. The predicted molar refractivity (Wildman–Crippen MR) is 168 cm³/mol. The Kier molecular flexibility index (Phi) is 14.4. The second kappa shape index (κ2) is 17.7. The van der Waals surface area contributed by atoms with Gasteiger partial charge in [-0.3, -0.25) is 28.9 Å². The van der Waals surface area contributed by atoms with Crippen molar-refractivity contribution >= 4 is 58.3 Å². The van der Waals surface area contributed by atoms with Gasteiger partial charge >= 0.3 is 65.1 Å². The maximum Gasteiger partial charge on any atom is 1.00 e. The Morgan fingerprint density at radius 3 is 2.29 bits per heavy atom. The van der Waals surface area contributed by atoms with Gasteiger partial charge < -0.3 is 54.7 Å². The van der Waals surface area contributed by atoms with Crippen molar-refractivity contribution in [2.24, 2.45) is 0 Å². The number of carboxylic acid groups (broad SMARTS) is 2. The summed E-state index contributed by atoms with van der Waals surface area (Å²) in [6.45, 7) is 1.94. The van der Waals surface area contributed by atoms with Crippen molar-refractivity contribution in [3.8, 4) is 17.2 Å². The molecule has 3 atom stereocenters. The zero-order valence-electron chi connectivity index (χ0n) is 28.3. The number of phenols is 2. The number of fused-ring (bicyclic) bond motifs is 2. The number of aromatic nitrogens is 1. The maximum atomic E-state index is 13.8. The van der Waals surface area contributed by atoms with Crippen molar-refractivity contribution in [1.29, 1.82) is 0 Å². The zero-order valence-corrected chi connectivity index (χ0v) is 33.1. The Hall–Kier alpha value is -4.04. The number of nitrogens with zero attached hydrogens (tertiary/aromatic N) is 2. The third kappa shape index (κ3) is 8.76. The van der Waals surface area contributed by atoms with E-state index in [-0.39, 0.29) is 106 Å². The number of esters is 1. The second-order valence-corrected chi connectivity index (χ2v) is 12.2. The number of carbonyl (C=O) groups excluding carboxylic acids is 6. The van der Waals surface area contributed by atoms with Crippen LogP contribution >= 0.6 is 11.8 Å². The molecule has 0 spiro atoms. The number of carboxylic acids is 2. The molecule has 1 aromatic heterocycles. The fourth-order valence-corrected chi connectivity index (χ4v) is 6.78. The summed E-state index contributed by atoms with van der Waals surface area (Å²) in [7, 11) is 0. The predicted octanol–water partition coefficient (Wildman–Crippen LogP) is -7.99. The standard InChI is InChI=1S/C32H30N4O13S.2Na/c1-3-35-10-19(27(42)18-8-21(38)22(39)9-20(18)35)28(43)33-24(15-4-6-17(7-5-15)49-12-23(40)41)29(44)34-25-30(45)36-26(32(46)47)16(11-48-14(2)37)13-50-31(25)36;;/h4-10,24-25,31,38-39H,3,11-13H2,1-2H3,(H,33,43)(H,34,44)(H,40,41)(H,46,47);;/q;2*+1/p-2/t24?,25-,31+;;/m1../s1. The molecule has 5 rings (SSSR count). The number of rotatable bonds is 12. The molecule has 3 heterocycles. The van der Waals surface area contributed by atoms with Gasteiger partial charge in [0.25, 0.3) is 11.8 Å². The molecular weight excluding hydrogens is 726 g/mol. The first-order chi connectivity index (χ1) is 23.7. The molecule has 20 heteroatoms. The van der Waals surface area contributed by atoms with Crippen molar-refractivity contribution < 1.29 is 118 Å². The fraction of sp³-hybridized carbons (Fsp3) is 0.281. The Morgan fingerprint density at radius 1 is 1.04 bits per heavy atom. The molecule has 1 saturated heterocycles. The summed E-state index contributed by atoms with van der Waals surface area (Å²) in [4.78, 5) is 89.1. The molecule has 0 aliphatic carbocycles. The maximum absolute atomic E-state index is 13.8. The number of phenolic OH excluding ortho intramolecular Hbond substituents is 2. The summed E-state index contributed by atoms with van der Waals surface area (Å²) in [5.41, 5.74) is -1.25. The number of hydrogen-bond donors (Lipinski definition) is 4. The van der Waals surface area contributed by atoms with E-state index in [2.05, 4.69) is 10.6 Å². The zero-order chi connectivity index (χ0) is 36.4. The van der Waals surface area contributed by atoms with E-state index in [1.165, 1.54) is 41.1 Å². The Labute approximate surface area is 342 Å². The number of amides is 3. The number of aliphatic carboxylic acids is 2. The van der Waals surface area contributed by atoms with Crippen molar-refractivity contribution in [2.75, 3.05) is 19.0 Å². The van der Waals surface area contributed by atoms with Crippen LogP contribution in [0, 0.1) is 0 Å². The second-order valence-electron chi connectivity index (χ2n) is 11.1. The van der Waals surface area contributed by atoms with Crippen LogP contribution in [0.15, 0.2) is 58.7 Å². The molecule has 0 saturated carbocycles. The quantitative estimate of drug-likeness (QED) is 0.0580. The summed E-state index contributed by atoms with van der Waals surface area (Å²) in [6, 6.07) is 4.66. The van der Waals surface area contributed by atoms with E-state index in [0.717, 1.165) is 29.7 Å². The van der Waals surface area contributed by atoms with E-state index in [0.29, 0.717) is 0 Å². The third-order valence-electron chi connectivity index (χ3n) is 7.86. The van der Waals surface area contributed by atoms with Crippen LogP contribution in [0.2, 0.25) is 0 Å². The summed E-state index contributed by atoms with van der Waals surface area (Å²) >= 11 is 1.10. The minimum absolute atomic E-state index is 0. The van der Waals surface area contributed by atoms with Crippen LogP contribution in [-0.2, 0) is 35.3 Å². The van der Waals surface area contributed by atoms with Gasteiger partial charge in [-0.25, -0.2) is 0 Å². The number of β-lactam (4-membered cyclic amide) rings is 1. The first-order valence-electron chi connectivity index (χ1n) is 14.9. The van der Waals surface area contributed by atoms with Crippen molar-refractivity contribution in [3.63, 3.8) is 0 Å². The molecule has 3 aromatic rings. The van der Waals surface area contributed by atoms with Crippen LogP contribution in [0.25, 0.3) is 10.9 Å². The van der Waals surface area contributed by atoms with Gasteiger partial charge in [-0.15, -0.1) is 11.8 Å². The average molecular weight is 755 g/mol. The largest absolute Gasteiger partial charge is 1.00 e. The van der Waals surface area contributed by atoms with Gasteiger partial charge in [0.2, 0.25) is 11.3 Å². The number of pyridine rings is 1. The van der Waals surface area contributed by atoms with Crippen LogP contribution in [0.3, 0.4) is 0 Å². The number of thioether (sulfide) groups is 1. The molecule has 262 valence electrons. The van der Waals surface area contributed by atoms with E-state index in [9.17, 15) is 54.0 Å². The molecule has 2 aliphatic rings. The SMILES string of the molecule is CCn1cc(C(=O)NC(C(=O)N[C@@H]2C(=O)N3C(C(=O)[O-])=C(COC(C)=O)CS[C@@H]23)c2ccc(OCC(=O)[O-])cc2)c(=O)c2cc(O)c(O)cc21.[Na+].[Na+]. The third-order valence-corrected chi connectivity index (χ3v) is 9.20. The molecule has 52 heavy (non-hydrogen) atoms. The van der Waals surface area contributed by atoms with Gasteiger partial charge in [0.1, 0.15) is 42.0 Å². The molecule has 0 bridgehead atoms. The van der Waals surface area contributed by atoms with Crippen molar-refractivity contribution in [3.05, 3.63) is 75.2 Å². The first-order valence-corrected chi connectivity index (χ1v) is 15.9. The molecule has 4 N–H and O–H groups in total. The van der Waals surface area contributed by atoms with Gasteiger partial charge in [-0.2, -0.15) is 0 Å². The van der Waals surface area contributed by atoms with Crippen LogP contribution in [0.1, 0.15) is 35.8 Å². The molecule has 0 radical (unpaired) electrons. The Morgan fingerprint density at radius 2 is 1.69 bits per heavy atom. The normalized spacial score (nSPS) is 16.7. The summed E-state index contributed by atoms with van der Waals surface area (Å²) in [6.07, 6.45) is 1.22. The molecule has 2 aliphatic heterocycles. The summed E-state index contributed by atoms with van der Waals surface area (Å²) < 4.78 is 11.5.